The fourth-order valence-electron chi connectivity index (χ4n) is 1.05. The van der Waals surface area contributed by atoms with Crippen LogP contribution in [0.4, 0.5) is 5.69 Å². The van der Waals surface area contributed by atoms with Crippen molar-refractivity contribution in [3.63, 3.8) is 0 Å². The third-order valence-electron chi connectivity index (χ3n) is 1.91. The Labute approximate surface area is 97.7 Å². The molecule has 0 bridgehead atoms. The lowest BCUT2D eigenvalue weighted by molar-refractivity contribution is -0.131. The van der Waals surface area contributed by atoms with Gasteiger partial charge in [-0.25, -0.2) is 4.79 Å². The highest BCUT2D eigenvalue weighted by atomic mass is 35.5. The lowest BCUT2D eigenvalue weighted by atomic mass is 10.3. The minimum absolute atomic E-state index is 0.412. The van der Waals surface area contributed by atoms with Crippen LogP contribution < -0.4 is 4.90 Å². The maximum Gasteiger partial charge on any atom is 0.328 e. The number of carbonyl (C=O) groups excluding carboxylic acids is 1. The molecule has 0 aromatic heterocycles. The maximum absolute atomic E-state index is 11.5. The van der Waals surface area contributed by atoms with Crippen LogP contribution in [0.2, 0.25) is 5.02 Å². The normalized spacial score (nSPS) is 10.4. The number of carboxylic acid groups (broad SMARTS) is 1. The van der Waals surface area contributed by atoms with Crippen molar-refractivity contribution < 1.29 is 14.7 Å². The number of halogens is 1. The van der Waals surface area contributed by atoms with E-state index < -0.39 is 11.9 Å². The molecule has 5 heteroatoms. The summed E-state index contributed by atoms with van der Waals surface area (Å²) in [5.74, 6) is -1.57. The Morgan fingerprint density at radius 3 is 2.31 bits per heavy atom. The number of aliphatic carboxylic acids is 1. The summed E-state index contributed by atoms with van der Waals surface area (Å²) in [6.07, 6.45) is 1.80. The number of nitrogens with zero attached hydrogens (tertiary/aromatic N) is 1. The van der Waals surface area contributed by atoms with Crippen LogP contribution in [0.1, 0.15) is 0 Å². The molecule has 0 saturated carbocycles. The maximum atomic E-state index is 11.5. The molecule has 0 aliphatic rings. The first-order valence-corrected chi connectivity index (χ1v) is 4.83. The van der Waals surface area contributed by atoms with Crippen molar-refractivity contribution in [1.29, 1.82) is 0 Å². The van der Waals surface area contributed by atoms with Crippen molar-refractivity contribution in [3.05, 3.63) is 41.4 Å². The molecule has 0 atom stereocenters. The molecule has 16 heavy (non-hydrogen) atoms. The Kier molecular flexibility index (Phi) is 4.08. The van der Waals surface area contributed by atoms with Crippen LogP contribution in [0.3, 0.4) is 0 Å². The summed E-state index contributed by atoms with van der Waals surface area (Å²) in [6.45, 7) is 0. The van der Waals surface area contributed by atoms with Gasteiger partial charge in [-0.3, -0.25) is 4.79 Å². The second-order valence-electron chi connectivity index (χ2n) is 3.05. The quantitative estimate of drug-likeness (QED) is 0.821. The second-order valence-corrected chi connectivity index (χ2v) is 3.48. The first-order valence-electron chi connectivity index (χ1n) is 4.45. The largest absolute Gasteiger partial charge is 0.478 e. The first-order chi connectivity index (χ1) is 7.50. The van der Waals surface area contributed by atoms with Gasteiger partial charge in [-0.15, -0.1) is 0 Å². The van der Waals surface area contributed by atoms with Gasteiger partial charge in [0.15, 0.2) is 0 Å². The average Bonchev–Trinajstić information content (AvgIpc) is 2.26. The van der Waals surface area contributed by atoms with Gasteiger partial charge in [0.2, 0.25) is 0 Å². The molecular weight excluding hydrogens is 230 g/mol. The summed E-state index contributed by atoms with van der Waals surface area (Å²) in [5.41, 5.74) is 0.643. The molecule has 0 heterocycles. The smallest absolute Gasteiger partial charge is 0.328 e. The van der Waals surface area contributed by atoms with E-state index in [0.29, 0.717) is 10.7 Å². The standard InChI is InChI=1S/C11H10ClNO3/c1-13(10(14)6-7-11(15)16)9-4-2-8(12)3-5-9/h2-7H,1H3,(H,15,16)/b7-6+. The Balaban J connectivity index is 2.78. The molecule has 4 nitrogen and oxygen atoms in total. The lowest BCUT2D eigenvalue weighted by Crippen LogP contribution is -2.24. The van der Waals surface area contributed by atoms with Crippen molar-refractivity contribution >= 4 is 29.2 Å². The van der Waals surface area contributed by atoms with Crippen molar-refractivity contribution in [2.45, 2.75) is 0 Å². The highest BCUT2D eigenvalue weighted by molar-refractivity contribution is 6.30. The summed E-state index contributed by atoms with van der Waals surface area (Å²) in [7, 11) is 1.55. The zero-order valence-electron chi connectivity index (χ0n) is 8.55. The Bertz CT molecular complexity index is 425. The van der Waals surface area contributed by atoms with Gasteiger partial charge >= 0.3 is 5.97 Å². The summed E-state index contributed by atoms with van der Waals surface area (Å²) >= 11 is 5.70. The first kappa shape index (κ1) is 12.3. The van der Waals surface area contributed by atoms with Crippen molar-refractivity contribution in [3.8, 4) is 0 Å². The number of hydrogen-bond donors (Lipinski definition) is 1. The van der Waals surface area contributed by atoms with Crippen LogP contribution in [0, 0.1) is 0 Å². The van der Waals surface area contributed by atoms with E-state index in [1.54, 1.807) is 31.3 Å². The Morgan fingerprint density at radius 1 is 1.25 bits per heavy atom. The molecule has 1 aromatic rings. The fourth-order valence-corrected chi connectivity index (χ4v) is 1.17. The molecule has 0 aliphatic carbocycles. The van der Waals surface area contributed by atoms with E-state index in [9.17, 15) is 9.59 Å². The molecule has 0 radical (unpaired) electrons. The van der Waals surface area contributed by atoms with Crippen LogP contribution in [0.25, 0.3) is 0 Å². The Hall–Kier alpha value is -1.81. The van der Waals surface area contributed by atoms with E-state index in [4.69, 9.17) is 16.7 Å². The summed E-state index contributed by atoms with van der Waals surface area (Å²) in [6, 6.07) is 6.66. The van der Waals surface area contributed by atoms with Gasteiger partial charge in [0.05, 0.1) is 0 Å². The molecule has 1 N–H and O–H groups in total. The van der Waals surface area contributed by atoms with Crippen LogP contribution in [-0.4, -0.2) is 24.0 Å². The van der Waals surface area contributed by atoms with E-state index in [0.717, 1.165) is 12.2 Å². The average molecular weight is 240 g/mol. The molecule has 0 unspecified atom stereocenters. The number of hydrogen-bond acceptors (Lipinski definition) is 2. The number of carbonyl (C=O) groups is 2. The van der Waals surface area contributed by atoms with E-state index in [1.807, 2.05) is 0 Å². The molecule has 1 amide bonds. The third kappa shape index (κ3) is 3.40. The highest BCUT2D eigenvalue weighted by Crippen LogP contribution is 2.16. The number of likely N-dealkylation sites (N-methyl/N-ethyl adjacent to an activating group) is 1. The van der Waals surface area contributed by atoms with E-state index in [2.05, 4.69) is 0 Å². The number of amides is 1. The number of anilines is 1. The van der Waals surface area contributed by atoms with E-state index in [1.165, 1.54) is 4.90 Å². The zero-order chi connectivity index (χ0) is 12.1. The minimum atomic E-state index is -1.15. The van der Waals surface area contributed by atoms with Crippen LogP contribution in [-0.2, 0) is 9.59 Å². The van der Waals surface area contributed by atoms with Gasteiger partial charge in [0.25, 0.3) is 5.91 Å². The van der Waals surface area contributed by atoms with Gasteiger partial charge in [-0.05, 0) is 24.3 Å². The zero-order valence-corrected chi connectivity index (χ0v) is 9.31. The fraction of sp³-hybridized carbons (Fsp3) is 0.0909. The summed E-state index contributed by atoms with van der Waals surface area (Å²) < 4.78 is 0. The van der Waals surface area contributed by atoms with E-state index in [-0.39, 0.29) is 0 Å². The monoisotopic (exact) mass is 239 g/mol. The molecule has 0 spiro atoms. The topological polar surface area (TPSA) is 57.6 Å². The van der Waals surface area contributed by atoms with Gasteiger partial charge < -0.3 is 10.0 Å². The molecule has 1 aromatic carbocycles. The van der Waals surface area contributed by atoms with E-state index >= 15 is 0 Å². The Morgan fingerprint density at radius 2 is 1.81 bits per heavy atom. The van der Waals surface area contributed by atoms with Gasteiger partial charge in [0, 0.05) is 29.9 Å². The van der Waals surface area contributed by atoms with Crippen LogP contribution in [0.5, 0.6) is 0 Å². The van der Waals surface area contributed by atoms with Crippen LogP contribution >= 0.6 is 11.6 Å². The molecular formula is C11H10ClNO3. The van der Waals surface area contributed by atoms with Crippen molar-refractivity contribution in [2.75, 3.05) is 11.9 Å². The lowest BCUT2D eigenvalue weighted by Gasteiger charge is -2.14. The predicted octanol–water partition coefficient (Wildman–Crippen LogP) is 1.94. The third-order valence-corrected chi connectivity index (χ3v) is 2.16. The number of rotatable bonds is 3. The highest BCUT2D eigenvalue weighted by Gasteiger charge is 2.07. The summed E-state index contributed by atoms with van der Waals surface area (Å²) in [4.78, 5) is 23.0. The van der Waals surface area contributed by atoms with Crippen LogP contribution in [0.15, 0.2) is 36.4 Å². The summed E-state index contributed by atoms with van der Waals surface area (Å²) in [5, 5.41) is 8.95. The SMILES string of the molecule is CN(C(=O)/C=C/C(=O)O)c1ccc(Cl)cc1. The van der Waals surface area contributed by atoms with Crippen molar-refractivity contribution in [2.24, 2.45) is 0 Å². The predicted molar refractivity (Wildman–Crippen MR) is 61.6 cm³/mol. The molecule has 84 valence electrons. The van der Waals surface area contributed by atoms with Crippen molar-refractivity contribution in [1.82, 2.24) is 0 Å². The van der Waals surface area contributed by atoms with Gasteiger partial charge in [-0.1, -0.05) is 11.6 Å². The van der Waals surface area contributed by atoms with Gasteiger partial charge in [-0.2, -0.15) is 0 Å². The molecule has 0 aliphatic heterocycles. The number of carboxylic acids is 1. The molecule has 0 fully saturated rings. The molecule has 1 rings (SSSR count). The minimum Gasteiger partial charge on any atom is -0.478 e. The van der Waals surface area contributed by atoms with Gasteiger partial charge in [0.1, 0.15) is 0 Å². The second kappa shape index (κ2) is 5.32. The molecule has 0 saturated heterocycles. The number of benzene rings is 1.